The van der Waals surface area contributed by atoms with Gasteiger partial charge in [-0.3, -0.25) is 9.59 Å². The summed E-state index contributed by atoms with van der Waals surface area (Å²) in [5.74, 6) is 0.192. The van der Waals surface area contributed by atoms with Crippen molar-refractivity contribution < 1.29 is 9.59 Å². The van der Waals surface area contributed by atoms with Crippen LogP contribution in [0.5, 0.6) is 0 Å². The van der Waals surface area contributed by atoms with Gasteiger partial charge in [-0.25, -0.2) is 0 Å². The van der Waals surface area contributed by atoms with Gasteiger partial charge >= 0.3 is 0 Å². The van der Waals surface area contributed by atoms with E-state index in [0.717, 1.165) is 26.1 Å². The zero-order valence-corrected chi connectivity index (χ0v) is 16.9. The summed E-state index contributed by atoms with van der Waals surface area (Å²) in [6.07, 6.45) is 0. The molecular formula is C19H21BrN2O2S. The number of rotatable bonds is 6. The van der Waals surface area contributed by atoms with Crippen LogP contribution >= 0.6 is 27.7 Å². The number of carbonyl (C=O) groups excluding carboxylic acids is 2. The Hall–Kier alpha value is -1.79. The molecule has 2 rings (SSSR count). The SMILES string of the molecule is CNC(=O)c1cccc(CNC(=O)CSc2cc(C)c(Br)cc2C)c1. The van der Waals surface area contributed by atoms with Crippen molar-refractivity contribution in [3.8, 4) is 0 Å². The van der Waals surface area contributed by atoms with Crippen LogP contribution in [0.1, 0.15) is 27.0 Å². The third-order valence-corrected chi connectivity index (χ3v) is 5.73. The second-order valence-corrected chi connectivity index (χ2v) is 7.58. The highest BCUT2D eigenvalue weighted by molar-refractivity contribution is 9.10. The highest BCUT2D eigenvalue weighted by Crippen LogP contribution is 2.28. The predicted molar refractivity (Wildman–Crippen MR) is 106 cm³/mol. The molecule has 0 aliphatic heterocycles. The molecule has 6 heteroatoms. The van der Waals surface area contributed by atoms with Gasteiger partial charge in [0.25, 0.3) is 5.91 Å². The molecule has 0 aromatic heterocycles. The van der Waals surface area contributed by atoms with Crippen molar-refractivity contribution in [3.05, 3.63) is 63.1 Å². The van der Waals surface area contributed by atoms with Gasteiger partial charge in [-0.1, -0.05) is 28.1 Å². The molecule has 0 atom stereocenters. The van der Waals surface area contributed by atoms with Crippen LogP contribution in [0.4, 0.5) is 0 Å². The lowest BCUT2D eigenvalue weighted by Gasteiger charge is -2.10. The lowest BCUT2D eigenvalue weighted by atomic mass is 10.1. The number of aryl methyl sites for hydroxylation is 2. The molecular weight excluding hydrogens is 400 g/mol. The molecule has 0 saturated carbocycles. The van der Waals surface area contributed by atoms with Crippen molar-refractivity contribution >= 4 is 39.5 Å². The molecule has 132 valence electrons. The molecule has 0 saturated heterocycles. The third-order valence-electron chi connectivity index (χ3n) is 3.72. The zero-order chi connectivity index (χ0) is 18.4. The van der Waals surface area contributed by atoms with Gasteiger partial charge in [0.2, 0.25) is 5.91 Å². The van der Waals surface area contributed by atoms with Crippen LogP contribution in [-0.2, 0) is 11.3 Å². The molecule has 0 spiro atoms. The van der Waals surface area contributed by atoms with Gasteiger partial charge < -0.3 is 10.6 Å². The normalized spacial score (nSPS) is 10.4. The summed E-state index contributed by atoms with van der Waals surface area (Å²) in [5, 5.41) is 5.49. The van der Waals surface area contributed by atoms with Crippen molar-refractivity contribution in [2.75, 3.05) is 12.8 Å². The predicted octanol–water partition coefficient (Wildman–Crippen LogP) is 3.83. The molecule has 0 radical (unpaired) electrons. The summed E-state index contributed by atoms with van der Waals surface area (Å²) in [7, 11) is 1.60. The number of amides is 2. The molecule has 2 aromatic carbocycles. The molecule has 0 aliphatic carbocycles. The van der Waals surface area contributed by atoms with Gasteiger partial charge in [-0.2, -0.15) is 0 Å². The first-order chi connectivity index (χ1) is 11.9. The molecule has 0 bridgehead atoms. The molecule has 2 aromatic rings. The Balaban J connectivity index is 1.89. The Kier molecular flexibility index (Phi) is 7.08. The van der Waals surface area contributed by atoms with Gasteiger partial charge in [-0.15, -0.1) is 11.8 Å². The standard InChI is InChI=1S/C19H21BrN2O2S/c1-12-8-17(13(2)7-16(12)20)25-11-18(23)22-10-14-5-4-6-15(9-14)19(24)21-3/h4-9H,10-11H2,1-3H3,(H,21,24)(H,22,23). The number of thioether (sulfide) groups is 1. The minimum atomic E-state index is -0.134. The fourth-order valence-corrected chi connectivity index (χ4v) is 3.67. The van der Waals surface area contributed by atoms with Gasteiger partial charge in [0.1, 0.15) is 0 Å². The number of hydrogen-bond acceptors (Lipinski definition) is 3. The summed E-state index contributed by atoms with van der Waals surface area (Å²) in [6, 6.07) is 11.4. The second kappa shape index (κ2) is 9.06. The maximum atomic E-state index is 12.1. The fraction of sp³-hybridized carbons (Fsp3) is 0.263. The Morgan fingerprint density at radius 2 is 1.88 bits per heavy atom. The van der Waals surface area contributed by atoms with E-state index >= 15 is 0 Å². The van der Waals surface area contributed by atoms with Crippen LogP contribution in [0.25, 0.3) is 0 Å². The molecule has 25 heavy (non-hydrogen) atoms. The van der Waals surface area contributed by atoms with Gasteiger partial charge in [-0.05, 0) is 54.8 Å². The Morgan fingerprint density at radius 3 is 2.60 bits per heavy atom. The monoisotopic (exact) mass is 420 g/mol. The number of hydrogen-bond donors (Lipinski definition) is 2. The van der Waals surface area contributed by atoms with Crippen LogP contribution in [-0.4, -0.2) is 24.6 Å². The minimum Gasteiger partial charge on any atom is -0.355 e. The highest BCUT2D eigenvalue weighted by Gasteiger charge is 2.08. The maximum Gasteiger partial charge on any atom is 0.251 e. The first-order valence-corrected chi connectivity index (χ1v) is 9.66. The summed E-state index contributed by atoms with van der Waals surface area (Å²) < 4.78 is 1.08. The van der Waals surface area contributed by atoms with E-state index in [4.69, 9.17) is 0 Å². The van der Waals surface area contributed by atoms with Crippen molar-refractivity contribution in [3.63, 3.8) is 0 Å². The molecule has 2 amide bonds. The van der Waals surface area contributed by atoms with Gasteiger partial charge in [0.05, 0.1) is 5.75 Å². The Morgan fingerprint density at radius 1 is 1.12 bits per heavy atom. The van der Waals surface area contributed by atoms with E-state index in [2.05, 4.69) is 38.7 Å². The topological polar surface area (TPSA) is 58.2 Å². The number of halogens is 1. The molecule has 2 N–H and O–H groups in total. The maximum absolute atomic E-state index is 12.1. The van der Waals surface area contributed by atoms with Crippen LogP contribution in [0.15, 0.2) is 45.8 Å². The van der Waals surface area contributed by atoms with E-state index in [1.807, 2.05) is 26.0 Å². The number of carbonyl (C=O) groups is 2. The van der Waals surface area contributed by atoms with Crippen molar-refractivity contribution in [2.24, 2.45) is 0 Å². The average Bonchev–Trinajstić information content (AvgIpc) is 2.61. The lowest BCUT2D eigenvalue weighted by Crippen LogP contribution is -2.25. The number of nitrogens with one attached hydrogen (secondary N) is 2. The smallest absolute Gasteiger partial charge is 0.251 e. The van der Waals surface area contributed by atoms with E-state index in [9.17, 15) is 9.59 Å². The molecule has 0 fully saturated rings. The summed E-state index contributed by atoms with van der Waals surface area (Å²) >= 11 is 5.04. The van der Waals surface area contributed by atoms with Crippen LogP contribution in [0, 0.1) is 13.8 Å². The quantitative estimate of drug-likeness (QED) is 0.697. The average molecular weight is 421 g/mol. The lowest BCUT2D eigenvalue weighted by molar-refractivity contribution is -0.118. The van der Waals surface area contributed by atoms with Gasteiger partial charge in [0.15, 0.2) is 0 Å². The molecule has 0 unspecified atom stereocenters. The highest BCUT2D eigenvalue weighted by atomic mass is 79.9. The fourth-order valence-electron chi connectivity index (χ4n) is 2.27. The van der Waals surface area contributed by atoms with Crippen molar-refractivity contribution in [1.29, 1.82) is 0 Å². The van der Waals surface area contributed by atoms with Crippen molar-refractivity contribution in [1.82, 2.24) is 10.6 Å². The Labute approximate surface area is 160 Å². The van der Waals surface area contributed by atoms with Crippen LogP contribution < -0.4 is 10.6 Å². The van der Waals surface area contributed by atoms with E-state index in [1.54, 1.807) is 19.2 Å². The van der Waals surface area contributed by atoms with Crippen molar-refractivity contribution in [2.45, 2.75) is 25.3 Å². The Bertz CT molecular complexity index is 793. The summed E-state index contributed by atoms with van der Waals surface area (Å²) in [5.41, 5.74) is 3.78. The first kappa shape index (κ1) is 19.5. The van der Waals surface area contributed by atoms with E-state index in [0.29, 0.717) is 17.9 Å². The van der Waals surface area contributed by atoms with Crippen LogP contribution in [0.3, 0.4) is 0 Å². The van der Waals surface area contributed by atoms with E-state index in [1.165, 1.54) is 11.8 Å². The second-order valence-electron chi connectivity index (χ2n) is 5.71. The van der Waals surface area contributed by atoms with E-state index in [-0.39, 0.29) is 11.8 Å². The molecule has 0 aliphatic rings. The number of benzene rings is 2. The van der Waals surface area contributed by atoms with E-state index < -0.39 is 0 Å². The largest absolute Gasteiger partial charge is 0.355 e. The minimum absolute atomic E-state index is 0.0321. The molecule has 0 heterocycles. The first-order valence-electron chi connectivity index (χ1n) is 7.88. The van der Waals surface area contributed by atoms with Gasteiger partial charge in [0, 0.05) is 28.5 Å². The third kappa shape index (κ3) is 5.61. The van der Waals surface area contributed by atoms with Crippen LogP contribution in [0.2, 0.25) is 0 Å². The molecule has 4 nitrogen and oxygen atoms in total. The summed E-state index contributed by atoms with van der Waals surface area (Å²) in [4.78, 5) is 24.9. The zero-order valence-electron chi connectivity index (χ0n) is 14.5. The summed E-state index contributed by atoms with van der Waals surface area (Å²) in [6.45, 7) is 4.48.